The highest BCUT2D eigenvalue weighted by atomic mass is 19.1. The first kappa shape index (κ1) is 12.6. The van der Waals surface area contributed by atoms with Crippen molar-refractivity contribution in [3.05, 3.63) is 29.6 Å². The summed E-state index contributed by atoms with van der Waals surface area (Å²) in [4.78, 5) is 2.51. The fraction of sp³-hybridized carbons (Fsp3) is 0.625. The molecule has 0 aromatic heterocycles. The second-order valence-corrected chi connectivity index (χ2v) is 6.35. The molecule has 2 unspecified atom stereocenters. The molecule has 3 nitrogen and oxygen atoms in total. The number of benzene rings is 1. The van der Waals surface area contributed by atoms with Gasteiger partial charge in [-0.25, -0.2) is 4.39 Å². The van der Waals surface area contributed by atoms with Gasteiger partial charge in [0.05, 0.1) is 0 Å². The Morgan fingerprint density at radius 3 is 3.10 bits per heavy atom. The van der Waals surface area contributed by atoms with Gasteiger partial charge >= 0.3 is 0 Å². The van der Waals surface area contributed by atoms with Gasteiger partial charge in [0.1, 0.15) is 17.7 Å². The Balaban J connectivity index is 1.36. The highest BCUT2D eigenvalue weighted by molar-refractivity contribution is 5.37. The van der Waals surface area contributed by atoms with Crippen molar-refractivity contribution in [3.8, 4) is 5.75 Å². The van der Waals surface area contributed by atoms with E-state index in [0.717, 1.165) is 49.8 Å². The molecule has 0 radical (unpaired) electrons. The maximum atomic E-state index is 13.2. The van der Waals surface area contributed by atoms with Crippen LogP contribution in [0.25, 0.3) is 0 Å². The first-order valence-electron chi connectivity index (χ1n) is 7.69. The van der Waals surface area contributed by atoms with Crippen molar-refractivity contribution < 1.29 is 9.13 Å². The Morgan fingerprint density at radius 1 is 1.35 bits per heavy atom. The zero-order chi connectivity index (χ0) is 13.5. The third-order valence-electron chi connectivity index (χ3n) is 4.71. The largest absolute Gasteiger partial charge is 0.488 e. The number of nitrogens with one attached hydrogen (secondary N) is 1. The highest BCUT2D eigenvalue weighted by Gasteiger charge is 2.35. The van der Waals surface area contributed by atoms with Crippen LogP contribution in [0.3, 0.4) is 0 Å². The predicted molar refractivity (Wildman–Crippen MR) is 75.5 cm³/mol. The molecular formula is C16H21FN2O. The lowest BCUT2D eigenvalue weighted by Gasteiger charge is -2.35. The predicted octanol–water partition coefficient (Wildman–Crippen LogP) is 1.81. The van der Waals surface area contributed by atoms with Gasteiger partial charge in [0, 0.05) is 44.2 Å². The van der Waals surface area contributed by atoms with Gasteiger partial charge in [-0.2, -0.15) is 0 Å². The molecule has 0 bridgehead atoms. The lowest BCUT2D eigenvalue weighted by Crippen LogP contribution is -2.53. The van der Waals surface area contributed by atoms with E-state index >= 15 is 0 Å². The SMILES string of the molecule is Fc1ccc2c(c1)CC(CN1CCNC(C3CC3)C1)O2. The molecule has 1 N–H and O–H groups in total. The van der Waals surface area contributed by atoms with Crippen LogP contribution in [-0.4, -0.2) is 43.2 Å². The average Bonchev–Trinajstić information content (AvgIpc) is 3.21. The van der Waals surface area contributed by atoms with Crippen molar-refractivity contribution >= 4 is 0 Å². The summed E-state index contributed by atoms with van der Waals surface area (Å²) in [6.45, 7) is 4.26. The second-order valence-electron chi connectivity index (χ2n) is 6.35. The lowest BCUT2D eigenvalue weighted by molar-refractivity contribution is 0.119. The van der Waals surface area contributed by atoms with Gasteiger partial charge in [-0.1, -0.05) is 0 Å². The van der Waals surface area contributed by atoms with Crippen molar-refractivity contribution in [2.24, 2.45) is 5.92 Å². The lowest BCUT2D eigenvalue weighted by atomic mass is 10.1. The van der Waals surface area contributed by atoms with Gasteiger partial charge in [-0.15, -0.1) is 0 Å². The number of fused-ring (bicyclic) bond motifs is 1. The summed E-state index contributed by atoms with van der Waals surface area (Å²) in [6.07, 6.45) is 3.79. The molecule has 2 fully saturated rings. The first-order chi connectivity index (χ1) is 9.78. The molecule has 1 aromatic carbocycles. The highest BCUT2D eigenvalue weighted by Crippen LogP contribution is 2.34. The molecule has 3 aliphatic rings. The number of halogens is 1. The third-order valence-corrected chi connectivity index (χ3v) is 4.71. The van der Waals surface area contributed by atoms with E-state index in [1.807, 2.05) is 0 Å². The van der Waals surface area contributed by atoms with Crippen LogP contribution >= 0.6 is 0 Å². The molecule has 2 atom stereocenters. The molecule has 20 heavy (non-hydrogen) atoms. The molecule has 1 saturated heterocycles. The van der Waals surface area contributed by atoms with E-state index in [-0.39, 0.29) is 11.9 Å². The van der Waals surface area contributed by atoms with Crippen molar-refractivity contribution in [1.29, 1.82) is 0 Å². The molecule has 1 saturated carbocycles. The number of hydrogen-bond acceptors (Lipinski definition) is 3. The topological polar surface area (TPSA) is 24.5 Å². The maximum Gasteiger partial charge on any atom is 0.123 e. The quantitative estimate of drug-likeness (QED) is 0.911. The standard InChI is InChI=1S/C16H21FN2O/c17-13-3-4-16-12(7-13)8-14(20-16)9-19-6-5-18-15(10-19)11-1-2-11/h3-4,7,11,14-15,18H,1-2,5-6,8-10H2. The summed E-state index contributed by atoms with van der Waals surface area (Å²) >= 11 is 0. The maximum absolute atomic E-state index is 13.2. The van der Waals surface area contributed by atoms with E-state index in [1.54, 1.807) is 12.1 Å². The molecule has 1 aliphatic carbocycles. The monoisotopic (exact) mass is 276 g/mol. The van der Waals surface area contributed by atoms with Gasteiger partial charge in [0.2, 0.25) is 0 Å². The normalized spacial score (nSPS) is 30.1. The van der Waals surface area contributed by atoms with E-state index in [4.69, 9.17) is 4.74 Å². The zero-order valence-electron chi connectivity index (χ0n) is 11.6. The summed E-state index contributed by atoms with van der Waals surface area (Å²) in [7, 11) is 0. The van der Waals surface area contributed by atoms with Gasteiger partial charge in [0.25, 0.3) is 0 Å². The van der Waals surface area contributed by atoms with Crippen LogP contribution in [0.5, 0.6) is 5.75 Å². The second kappa shape index (κ2) is 5.01. The molecule has 4 rings (SSSR count). The smallest absolute Gasteiger partial charge is 0.123 e. The Labute approximate surface area is 119 Å². The van der Waals surface area contributed by atoms with E-state index in [2.05, 4.69) is 10.2 Å². The first-order valence-corrected chi connectivity index (χ1v) is 7.69. The summed E-state index contributed by atoms with van der Waals surface area (Å²) in [5.74, 6) is 1.60. The van der Waals surface area contributed by atoms with Crippen molar-refractivity contribution in [2.75, 3.05) is 26.2 Å². The number of nitrogens with zero attached hydrogens (tertiary/aromatic N) is 1. The van der Waals surface area contributed by atoms with Gasteiger partial charge in [-0.05, 0) is 37.0 Å². The van der Waals surface area contributed by atoms with E-state index in [1.165, 1.54) is 18.9 Å². The Kier molecular flexibility index (Phi) is 3.15. The molecule has 0 amide bonds. The molecule has 0 spiro atoms. The van der Waals surface area contributed by atoms with E-state index < -0.39 is 0 Å². The van der Waals surface area contributed by atoms with Crippen LogP contribution in [0, 0.1) is 11.7 Å². The summed E-state index contributed by atoms with van der Waals surface area (Å²) in [5, 5.41) is 3.63. The summed E-state index contributed by atoms with van der Waals surface area (Å²) in [6, 6.07) is 5.52. The third kappa shape index (κ3) is 2.54. The van der Waals surface area contributed by atoms with Crippen LogP contribution in [0.2, 0.25) is 0 Å². The molecule has 1 aromatic rings. The summed E-state index contributed by atoms with van der Waals surface area (Å²) in [5.41, 5.74) is 1.02. The van der Waals surface area contributed by atoms with Crippen molar-refractivity contribution in [2.45, 2.75) is 31.4 Å². The average molecular weight is 276 g/mol. The van der Waals surface area contributed by atoms with Crippen LogP contribution in [0.1, 0.15) is 18.4 Å². The molecule has 2 heterocycles. The molecule has 2 aliphatic heterocycles. The van der Waals surface area contributed by atoms with Gasteiger partial charge in [-0.3, -0.25) is 4.90 Å². The number of ether oxygens (including phenoxy) is 1. The molecular weight excluding hydrogens is 255 g/mol. The minimum Gasteiger partial charge on any atom is -0.488 e. The fourth-order valence-electron chi connectivity index (χ4n) is 3.50. The van der Waals surface area contributed by atoms with Gasteiger partial charge < -0.3 is 10.1 Å². The van der Waals surface area contributed by atoms with Crippen LogP contribution in [0.4, 0.5) is 4.39 Å². The Morgan fingerprint density at radius 2 is 2.25 bits per heavy atom. The van der Waals surface area contributed by atoms with Crippen molar-refractivity contribution in [1.82, 2.24) is 10.2 Å². The number of hydrogen-bond donors (Lipinski definition) is 1. The van der Waals surface area contributed by atoms with E-state index in [9.17, 15) is 4.39 Å². The zero-order valence-corrected chi connectivity index (χ0v) is 11.6. The van der Waals surface area contributed by atoms with E-state index in [0.29, 0.717) is 6.04 Å². The van der Waals surface area contributed by atoms with Crippen LogP contribution in [0.15, 0.2) is 18.2 Å². The Hall–Kier alpha value is -1.13. The molecule has 4 heteroatoms. The van der Waals surface area contributed by atoms with Crippen LogP contribution in [-0.2, 0) is 6.42 Å². The Bertz CT molecular complexity index is 503. The summed E-state index contributed by atoms with van der Waals surface area (Å²) < 4.78 is 19.2. The van der Waals surface area contributed by atoms with Gasteiger partial charge in [0.15, 0.2) is 0 Å². The fourth-order valence-corrected chi connectivity index (χ4v) is 3.50. The number of rotatable bonds is 3. The molecule has 108 valence electrons. The van der Waals surface area contributed by atoms with Crippen LogP contribution < -0.4 is 10.1 Å². The minimum absolute atomic E-state index is 0.163. The van der Waals surface area contributed by atoms with Crippen molar-refractivity contribution in [3.63, 3.8) is 0 Å². The minimum atomic E-state index is -0.163. The number of piperazine rings is 1.